The number of hydrogen-bond donors (Lipinski definition) is 3. The molecular weight excluding hydrogens is 484 g/mol. The van der Waals surface area contributed by atoms with Gasteiger partial charge in [-0.3, -0.25) is 4.79 Å². The Morgan fingerprint density at radius 2 is 1.92 bits per heavy atom. The predicted molar refractivity (Wildman–Crippen MR) is 148 cm³/mol. The maximum atomic E-state index is 12.9. The number of aliphatic hydroxyl groups is 3. The fourth-order valence-corrected chi connectivity index (χ4v) is 4.19. The molecule has 2 rings (SSSR count). The Morgan fingerprint density at radius 3 is 2.63 bits per heavy atom. The van der Waals surface area contributed by atoms with E-state index in [9.17, 15) is 24.9 Å². The normalized spacial score (nSPS) is 23.2. The van der Waals surface area contributed by atoms with Crippen molar-refractivity contribution in [2.24, 2.45) is 5.92 Å². The molecule has 1 aromatic carbocycles. The number of cyclic esters (lactones) is 1. The highest BCUT2D eigenvalue weighted by Crippen LogP contribution is 2.20. The van der Waals surface area contributed by atoms with Crippen molar-refractivity contribution >= 4 is 18.0 Å². The zero-order chi connectivity index (χ0) is 28.1. The van der Waals surface area contributed by atoms with Crippen LogP contribution in [-0.2, 0) is 14.3 Å². The van der Waals surface area contributed by atoms with Crippen LogP contribution in [0.4, 0.5) is 0 Å². The van der Waals surface area contributed by atoms with Gasteiger partial charge in [0.2, 0.25) is 0 Å². The van der Waals surface area contributed by atoms with Crippen LogP contribution >= 0.6 is 0 Å². The summed E-state index contributed by atoms with van der Waals surface area (Å²) in [5, 5.41) is 29.4. The van der Waals surface area contributed by atoms with Crippen LogP contribution in [0, 0.1) is 5.92 Å². The van der Waals surface area contributed by atoms with Gasteiger partial charge in [-0.25, -0.2) is 4.79 Å². The number of benzene rings is 1. The topological polar surface area (TPSA) is 113 Å². The second kappa shape index (κ2) is 16.3. The zero-order valence-electron chi connectivity index (χ0n) is 23.1. The fourth-order valence-electron chi connectivity index (χ4n) is 4.19. The van der Waals surface area contributed by atoms with Crippen LogP contribution in [0.25, 0.3) is 6.08 Å². The Labute approximate surface area is 226 Å². The zero-order valence-corrected chi connectivity index (χ0v) is 23.1. The molecular formula is C31H44O7. The van der Waals surface area contributed by atoms with Crippen molar-refractivity contribution in [1.82, 2.24) is 0 Å². The van der Waals surface area contributed by atoms with Crippen LogP contribution in [-0.4, -0.2) is 57.8 Å². The van der Waals surface area contributed by atoms with Gasteiger partial charge in [-0.2, -0.15) is 0 Å². The Bertz CT molecular complexity index is 976. The highest BCUT2D eigenvalue weighted by atomic mass is 16.5. The number of aliphatic hydroxyl groups excluding tert-OH is 3. The van der Waals surface area contributed by atoms with E-state index in [-0.39, 0.29) is 30.5 Å². The van der Waals surface area contributed by atoms with E-state index >= 15 is 0 Å². The third kappa shape index (κ3) is 11.8. The van der Waals surface area contributed by atoms with Crippen molar-refractivity contribution < 1.29 is 34.4 Å². The third-order valence-corrected chi connectivity index (χ3v) is 6.47. The van der Waals surface area contributed by atoms with Gasteiger partial charge < -0.3 is 24.8 Å². The van der Waals surface area contributed by atoms with Gasteiger partial charge in [-0.1, -0.05) is 61.9 Å². The highest BCUT2D eigenvalue weighted by Gasteiger charge is 2.20. The molecule has 0 amide bonds. The number of carbonyl (C=O) groups is 2. The third-order valence-electron chi connectivity index (χ3n) is 6.47. The summed E-state index contributed by atoms with van der Waals surface area (Å²) in [6, 6.07) is 7.08. The minimum atomic E-state index is -1.09. The first-order valence-corrected chi connectivity index (χ1v) is 13.6. The van der Waals surface area contributed by atoms with Crippen molar-refractivity contribution in [3.63, 3.8) is 0 Å². The van der Waals surface area contributed by atoms with Crippen molar-refractivity contribution in [2.45, 2.75) is 103 Å². The molecule has 1 aliphatic heterocycles. The quantitative estimate of drug-likeness (QED) is 0.231. The molecule has 0 radical (unpaired) electrons. The van der Waals surface area contributed by atoms with E-state index in [1.807, 2.05) is 32.1 Å². The Hall–Kier alpha value is -2.74. The first-order valence-electron chi connectivity index (χ1n) is 13.6. The van der Waals surface area contributed by atoms with Crippen LogP contribution in [0.3, 0.4) is 0 Å². The van der Waals surface area contributed by atoms with Gasteiger partial charge in [0.15, 0.2) is 0 Å². The molecule has 7 heteroatoms. The number of carbonyl (C=O) groups excluding carboxylic acids is 2. The summed E-state index contributed by atoms with van der Waals surface area (Å²) in [7, 11) is 0. The summed E-state index contributed by atoms with van der Waals surface area (Å²) in [6.07, 6.45) is 9.70. The van der Waals surface area contributed by atoms with Crippen molar-refractivity contribution in [3.05, 3.63) is 65.3 Å². The molecule has 3 N–H and O–H groups in total. The molecule has 0 bridgehead atoms. The minimum absolute atomic E-state index is 0.0821. The van der Waals surface area contributed by atoms with Gasteiger partial charge in [0.25, 0.3) is 0 Å². The van der Waals surface area contributed by atoms with Crippen LogP contribution in [0.1, 0.15) is 88.6 Å². The van der Waals surface area contributed by atoms with E-state index in [0.717, 1.165) is 17.6 Å². The smallest absolute Gasteiger partial charge is 0.338 e. The van der Waals surface area contributed by atoms with Gasteiger partial charge >= 0.3 is 11.9 Å². The fraction of sp³-hybridized carbons (Fsp3) is 0.548. The largest absolute Gasteiger partial charge is 0.462 e. The lowest BCUT2D eigenvalue weighted by atomic mass is 10.0. The van der Waals surface area contributed by atoms with E-state index in [4.69, 9.17) is 9.47 Å². The standard InChI is InChI=1S/C31H44O7/c1-21(2)29-14-7-5-6-12-26(13-9-15-30(35)38-29)37-31(36)25-11-8-10-24(20-25)17-16-22(3)18-27(33)28(34)19-23(4)32/h5,7-8,10-11,16-18,20-21,23,26-29,32-34H,6,9,12-15,19H2,1-4H3/b7-5+,17-16+,22-18+/t23-,26+,27-,28-,29+/m0/s1. The molecule has 38 heavy (non-hydrogen) atoms. The van der Waals surface area contributed by atoms with E-state index < -0.39 is 24.3 Å². The molecule has 0 saturated heterocycles. The SMILES string of the molecule is CC(/C=C/c1cccc(C(=O)O[C@@H]2CC/C=C/C[C@H](C(C)C)OC(=O)CCC2)c1)=C\[C@H](O)[C@@H](O)C[C@H](C)O. The molecule has 7 nitrogen and oxygen atoms in total. The number of ether oxygens (including phenoxy) is 2. The molecule has 5 atom stereocenters. The van der Waals surface area contributed by atoms with Crippen LogP contribution in [0.2, 0.25) is 0 Å². The van der Waals surface area contributed by atoms with Crippen LogP contribution in [0.5, 0.6) is 0 Å². The highest BCUT2D eigenvalue weighted by molar-refractivity contribution is 5.90. The lowest BCUT2D eigenvalue weighted by Crippen LogP contribution is -2.27. The van der Waals surface area contributed by atoms with Crippen molar-refractivity contribution in [2.75, 3.05) is 0 Å². The second-order valence-electron chi connectivity index (χ2n) is 10.5. The summed E-state index contributed by atoms with van der Waals surface area (Å²) in [4.78, 5) is 25.2. The van der Waals surface area contributed by atoms with Crippen LogP contribution < -0.4 is 0 Å². The maximum absolute atomic E-state index is 12.9. The molecule has 1 aliphatic rings. The number of hydrogen-bond acceptors (Lipinski definition) is 7. The Kier molecular flexibility index (Phi) is 13.5. The number of esters is 2. The summed E-state index contributed by atoms with van der Waals surface area (Å²) < 4.78 is 11.5. The van der Waals surface area contributed by atoms with Gasteiger partial charge in [-0.15, -0.1) is 0 Å². The molecule has 210 valence electrons. The molecule has 0 aromatic heterocycles. The Morgan fingerprint density at radius 1 is 1.16 bits per heavy atom. The molecule has 0 spiro atoms. The monoisotopic (exact) mass is 528 g/mol. The van der Waals surface area contributed by atoms with Gasteiger partial charge in [0.1, 0.15) is 12.2 Å². The van der Waals surface area contributed by atoms with E-state index in [0.29, 0.717) is 37.7 Å². The molecule has 1 heterocycles. The lowest BCUT2D eigenvalue weighted by Gasteiger charge is -2.22. The molecule has 0 unspecified atom stereocenters. The minimum Gasteiger partial charge on any atom is -0.462 e. The summed E-state index contributed by atoms with van der Waals surface area (Å²) in [5.41, 5.74) is 1.95. The number of rotatable bonds is 9. The van der Waals surface area contributed by atoms with E-state index in [1.165, 1.54) is 6.08 Å². The summed E-state index contributed by atoms with van der Waals surface area (Å²) >= 11 is 0. The summed E-state index contributed by atoms with van der Waals surface area (Å²) in [6.45, 7) is 7.45. The average molecular weight is 529 g/mol. The van der Waals surface area contributed by atoms with Gasteiger partial charge in [0.05, 0.1) is 23.9 Å². The molecule has 0 saturated carbocycles. The van der Waals surface area contributed by atoms with Gasteiger partial charge in [-0.05, 0) is 63.1 Å². The molecule has 0 fully saturated rings. The Balaban J connectivity index is 2.00. The van der Waals surface area contributed by atoms with E-state index in [1.54, 1.807) is 38.1 Å². The van der Waals surface area contributed by atoms with Crippen LogP contribution in [0.15, 0.2) is 54.1 Å². The lowest BCUT2D eigenvalue weighted by molar-refractivity contribution is -0.151. The maximum Gasteiger partial charge on any atom is 0.338 e. The predicted octanol–water partition coefficient (Wildman–Crippen LogP) is 5.14. The van der Waals surface area contributed by atoms with Gasteiger partial charge in [0, 0.05) is 19.3 Å². The molecule has 0 aliphatic carbocycles. The average Bonchev–Trinajstić information content (AvgIpc) is 2.85. The second-order valence-corrected chi connectivity index (χ2v) is 10.5. The first-order chi connectivity index (χ1) is 18.0. The summed E-state index contributed by atoms with van der Waals surface area (Å²) in [5.74, 6) is -0.365. The van der Waals surface area contributed by atoms with Crippen molar-refractivity contribution in [1.29, 1.82) is 0 Å². The van der Waals surface area contributed by atoms with Crippen molar-refractivity contribution in [3.8, 4) is 0 Å². The molecule has 1 aromatic rings. The van der Waals surface area contributed by atoms with E-state index in [2.05, 4.69) is 6.08 Å². The first kappa shape index (κ1) is 31.5. The number of allylic oxidation sites excluding steroid dienone is 3.